The normalized spacial score (nSPS) is 17.4. The van der Waals surface area contributed by atoms with Gasteiger partial charge in [0.15, 0.2) is 11.0 Å². The average Bonchev–Trinajstić information content (AvgIpc) is 3.01. The molecule has 0 saturated carbocycles. The molecule has 1 fully saturated rings. The minimum atomic E-state index is -0.506. The fourth-order valence-electron chi connectivity index (χ4n) is 2.64. The molecular formula is C21H21N3O3S. The summed E-state index contributed by atoms with van der Waals surface area (Å²) in [6.45, 7) is 3.99. The van der Waals surface area contributed by atoms with Gasteiger partial charge < -0.3 is 10.6 Å². The van der Waals surface area contributed by atoms with E-state index in [2.05, 4.69) is 15.6 Å². The van der Waals surface area contributed by atoms with Gasteiger partial charge in [0, 0.05) is 17.7 Å². The smallest absolute Gasteiger partial charge is 0.240 e. The first kappa shape index (κ1) is 19.8. The molecule has 1 unspecified atom stereocenters. The zero-order valence-electron chi connectivity index (χ0n) is 15.7. The van der Waals surface area contributed by atoms with Crippen LogP contribution in [0.2, 0.25) is 0 Å². The van der Waals surface area contributed by atoms with Gasteiger partial charge in [0.1, 0.15) is 5.25 Å². The van der Waals surface area contributed by atoms with Crippen molar-refractivity contribution in [1.82, 2.24) is 5.32 Å². The van der Waals surface area contributed by atoms with Gasteiger partial charge in [-0.2, -0.15) is 0 Å². The molecule has 2 N–H and O–H groups in total. The van der Waals surface area contributed by atoms with Crippen LogP contribution in [0.5, 0.6) is 0 Å². The molecule has 0 spiro atoms. The summed E-state index contributed by atoms with van der Waals surface area (Å²) in [5.41, 5.74) is 3.41. The molecule has 1 saturated heterocycles. The van der Waals surface area contributed by atoms with Crippen molar-refractivity contribution in [2.45, 2.75) is 32.1 Å². The predicted molar refractivity (Wildman–Crippen MR) is 112 cm³/mol. The van der Waals surface area contributed by atoms with Crippen LogP contribution in [-0.2, 0) is 16.1 Å². The van der Waals surface area contributed by atoms with Crippen molar-refractivity contribution in [3.05, 3.63) is 65.2 Å². The molecule has 0 aliphatic carbocycles. The number of Topliss-reactive ketones (excluding diaryl/α,β-unsaturated/α-hetero) is 1. The van der Waals surface area contributed by atoms with Crippen LogP contribution in [0.15, 0.2) is 53.5 Å². The van der Waals surface area contributed by atoms with E-state index in [1.54, 1.807) is 24.3 Å². The molecule has 1 atom stereocenters. The van der Waals surface area contributed by atoms with E-state index in [9.17, 15) is 14.4 Å². The van der Waals surface area contributed by atoms with Crippen LogP contribution in [-0.4, -0.2) is 28.0 Å². The number of ketones is 1. The summed E-state index contributed by atoms with van der Waals surface area (Å²) in [6.07, 6.45) is 0.0501. The van der Waals surface area contributed by atoms with Gasteiger partial charge in [-0.25, -0.2) is 0 Å². The van der Waals surface area contributed by atoms with Crippen LogP contribution in [0.4, 0.5) is 5.69 Å². The van der Waals surface area contributed by atoms with E-state index < -0.39 is 5.25 Å². The van der Waals surface area contributed by atoms with Gasteiger partial charge in [0.25, 0.3) is 0 Å². The molecule has 144 valence electrons. The predicted octanol–water partition coefficient (Wildman–Crippen LogP) is 3.31. The Balaban J connectivity index is 1.53. The number of carbonyl (C=O) groups is 3. The Morgan fingerprint density at radius 2 is 1.79 bits per heavy atom. The number of nitrogens with zero attached hydrogens (tertiary/aromatic N) is 1. The first-order valence-corrected chi connectivity index (χ1v) is 9.77. The topological polar surface area (TPSA) is 87.6 Å². The number of benzene rings is 2. The highest BCUT2D eigenvalue weighted by Gasteiger charge is 2.31. The van der Waals surface area contributed by atoms with E-state index in [0.29, 0.717) is 23.0 Å². The van der Waals surface area contributed by atoms with E-state index in [1.165, 1.54) is 24.2 Å². The lowest BCUT2D eigenvalue weighted by Crippen LogP contribution is -2.28. The van der Waals surface area contributed by atoms with Crippen molar-refractivity contribution in [2.75, 3.05) is 5.32 Å². The molecule has 0 aromatic heterocycles. The fourth-order valence-corrected chi connectivity index (χ4v) is 3.61. The molecule has 0 radical (unpaired) electrons. The Labute approximate surface area is 167 Å². The van der Waals surface area contributed by atoms with Crippen LogP contribution < -0.4 is 10.6 Å². The van der Waals surface area contributed by atoms with Gasteiger partial charge in [0.05, 0.1) is 6.54 Å². The number of amides is 2. The van der Waals surface area contributed by atoms with Gasteiger partial charge >= 0.3 is 0 Å². The van der Waals surface area contributed by atoms with Crippen molar-refractivity contribution >= 4 is 40.2 Å². The number of hydrogen-bond donors (Lipinski definition) is 2. The molecular weight excluding hydrogens is 374 g/mol. The van der Waals surface area contributed by atoms with Crippen molar-refractivity contribution in [1.29, 1.82) is 0 Å². The summed E-state index contributed by atoms with van der Waals surface area (Å²) in [5, 5.41) is 5.51. The average molecular weight is 395 g/mol. The van der Waals surface area contributed by atoms with Gasteiger partial charge in [-0.1, -0.05) is 41.6 Å². The number of amidine groups is 1. The molecule has 2 amide bonds. The summed E-state index contributed by atoms with van der Waals surface area (Å²) < 4.78 is 0. The Kier molecular flexibility index (Phi) is 6.26. The Morgan fingerprint density at radius 1 is 1.11 bits per heavy atom. The number of carbonyl (C=O) groups excluding carboxylic acids is 3. The molecule has 28 heavy (non-hydrogen) atoms. The van der Waals surface area contributed by atoms with Gasteiger partial charge in [-0.3, -0.25) is 19.4 Å². The first-order valence-electron chi connectivity index (χ1n) is 8.89. The fraction of sp³-hybridized carbons (Fsp3) is 0.238. The van der Waals surface area contributed by atoms with E-state index in [-0.39, 0.29) is 24.0 Å². The summed E-state index contributed by atoms with van der Waals surface area (Å²) in [6, 6.07) is 14.7. The molecule has 6 nitrogen and oxygen atoms in total. The maximum atomic E-state index is 12.2. The SMILES string of the molecule is CC(=O)c1ccc(NC(=O)CC2SC(=NCc3ccc(C)cc3)NC2=O)cc1. The number of aryl methyl sites for hydroxylation is 1. The lowest BCUT2D eigenvalue weighted by atomic mass is 10.1. The van der Waals surface area contributed by atoms with Crippen LogP contribution in [0, 0.1) is 6.92 Å². The zero-order valence-corrected chi connectivity index (χ0v) is 16.5. The molecule has 1 aliphatic heterocycles. The standard InChI is InChI=1S/C21H21N3O3S/c1-13-3-5-15(6-4-13)12-22-21-24-20(27)18(28-21)11-19(26)23-17-9-7-16(8-10-17)14(2)25/h3-10,18H,11-12H2,1-2H3,(H,23,26)(H,22,24,27). The molecule has 2 aromatic carbocycles. The minimum absolute atomic E-state index is 0.0330. The molecule has 2 aromatic rings. The summed E-state index contributed by atoms with van der Waals surface area (Å²) in [4.78, 5) is 40.1. The number of nitrogens with one attached hydrogen (secondary N) is 2. The molecule has 0 bridgehead atoms. The lowest BCUT2D eigenvalue weighted by Gasteiger charge is -2.07. The zero-order chi connectivity index (χ0) is 20.1. The number of thioether (sulfide) groups is 1. The second kappa shape index (κ2) is 8.84. The summed E-state index contributed by atoms with van der Waals surface area (Å²) in [5.74, 6) is -0.507. The minimum Gasteiger partial charge on any atom is -0.326 e. The third-order valence-corrected chi connectivity index (χ3v) is 5.37. The number of hydrogen-bond acceptors (Lipinski definition) is 5. The van der Waals surface area contributed by atoms with Gasteiger partial charge in [0.2, 0.25) is 11.8 Å². The second-order valence-corrected chi connectivity index (χ2v) is 7.78. The molecule has 1 aliphatic rings. The van der Waals surface area contributed by atoms with Crippen molar-refractivity contribution in [3.8, 4) is 0 Å². The molecule has 3 rings (SSSR count). The lowest BCUT2D eigenvalue weighted by molar-refractivity contribution is -0.122. The van der Waals surface area contributed by atoms with E-state index in [1.807, 2.05) is 31.2 Å². The van der Waals surface area contributed by atoms with E-state index in [4.69, 9.17) is 0 Å². The van der Waals surface area contributed by atoms with Crippen LogP contribution in [0.3, 0.4) is 0 Å². The Bertz CT molecular complexity index is 921. The number of anilines is 1. The van der Waals surface area contributed by atoms with Crippen molar-refractivity contribution < 1.29 is 14.4 Å². The third-order valence-electron chi connectivity index (χ3n) is 4.25. The van der Waals surface area contributed by atoms with E-state index in [0.717, 1.165) is 5.56 Å². The monoisotopic (exact) mass is 395 g/mol. The van der Waals surface area contributed by atoms with Gasteiger partial charge in [-0.05, 0) is 43.7 Å². The van der Waals surface area contributed by atoms with Crippen LogP contribution in [0.25, 0.3) is 0 Å². The highest BCUT2D eigenvalue weighted by Crippen LogP contribution is 2.23. The van der Waals surface area contributed by atoms with Crippen LogP contribution >= 0.6 is 11.8 Å². The Hall–Kier alpha value is -2.93. The number of aliphatic imine (C=N–C) groups is 1. The molecule has 7 heteroatoms. The van der Waals surface area contributed by atoms with Gasteiger partial charge in [-0.15, -0.1) is 0 Å². The number of rotatable bonds is 6. The van der Waals surface area contributed by atoms with E-state index >= 15 is 0 Å². The maximum Gasteiger partial charge on any atom is 0.240 e. The highest BCUT2D eigenvalue weighted by atomic mass is 32.2. The highest BCUT2D eigenvalue weighted by molar-refractivity contribution is 8.15. The third kappa shape index (κ3) is 5.29. The second-order valence-electron chi connectivity index (χ2n) is 6.59. The molecule has 1 heterocycles. The summed E-state index contributed by atoms with van der Waals surface area (Å²) in [7, 11) is 0. The van der Waals surface area contributed by atoms with Crippen LogP contribution in [0.1, 0.15) is 34.8 Å². The first-order chi connectivity index (χ1) is 13.4. The quantitative estimate of drug-likeness (QED) is 0.735. The maximum absolute atomic E-state index is 12.2. The largest absolute Gasteiger partial charge is 0.326 e. The Morgan fingerprint density at radius 3 is 2.43 bits per heavy atom. The van der Waals surface area contributed by atoms with Crippen molar-refractivity contribution in [2.24, 2.45) is 4.99 Å². The summed E-state index contributed by atoms with van der Waals surface area (Å²) >= 11 is 1.27. The van der Waals surface area contributed by atoms with Crippen molar-refractivity contribution in [3.63, 3.8) is 0 Å².